The lowest BCUT2D eigenvalue weighted by atomic mass is 9.89. The molecule has 1 aliphatic rings. The number of carbonyl (C=O) groups excluding carboxylic acids is 2. The van der Waals surface area contributed by atoms with Gasteiger partial charge in [-0.1, -0.05) is 19.4 Å². The summed E-state index contributed by atoms with van der Waals surface area (Å²) in [7, 11) is 0. The molecule has 1 N–H and O–H groups in total. The fourth-order valence-electron chi connectivity index (χ4n) is 2.46. The van der Waals surface area contributed by atoms with Crippen molar-refractivity contribution in [3.05, 3.63) is 24.4 Å². The smallest absolute Gasteiger partial charge is 0.310 e. The van der Waals surface area contributed by atoms with E-state index in [2.05, 4.69) is 10.3 Å². The maximum Gasteiger partial charge on any atom is 0.310 e. The van der Waals surface area contributed by atoms with E-state index >= 15 is 0 Å². The molecule has 21 heavy (non-hydrogen) atoms. The zero-order valence-electron chi connectivity index (χ0n) is 12.3. The molecule has 2 atom stereocenters. The average molecular weight is 357 g/mol. The van der Waals surface area contributed by atoms with Gasteiger partial charge in [0.2, 0.25) is 0 Å². The van der Waals surface area contributed by atoms with E-state index in [1.54, 1.807) is 19.2 Å². The van der Waals surface area contributed by atoms with Gasteiger partial charge in [0.05, 0.1) is 12.5 Å². The number of pyridine rings is 1. The fraction of sp³-hybridized carbons (Fsp3) is 0.533. The number of halogens is 1. The topological polar surface area (TPSA) is 68.3 Å². The molecule has 0 saturated carbocycles. The molecule has 1 saturated heterocycles. The van der Waals surface area contributed by atoms with E-state index in [9.17, 15) is 9.59 Å². The normalized spacial score (nSPS) is 24.1. The summed E-state index contributed by atoms with van der Waals surface area (Å²) in [4.78, 5) is 28.1. The number of Topliss-reactive ketones (excluding diaryl/α,β-unsaturated/α-hetero) is 1. The third kappa shape index (κ3) is 4.27. The molecule has 1 fully saturated rings. The highest BCUT2D eigenvalue weighted by atomic mass is 79.9. The number of esters is 1. The Morgan fingerprint density at radius 1 is 1.52 bits per heavy atom. The van der Waals surface area contributed by atoms with E-state index in [-0.39, 0.29) is 41.2 Å². The maximum atomic E-state index is 12.3. The second kappa shape index (κ2) is 7.54. The first kappa shape index (κ1) is 17.6. The van der Waals surface area contributed by atoms with Crippen LogP contribution in [-0.2, 0) is 14.3 Å². The largest absolute Gasteiger partial charge is 0.451 e. The minimum Gasteiger partial charge on any atom is -0.451 e. The summed E-state index contributed by atoms with van der Waals surface area (Å²) in [6, 6.07) is 5.44. The molecular formula is C15H21BrN2O3. The molecule has 2 unspecified atom stereocenters. The lowest BCUT2D eigenvalue weighted by molar-refractivity contribution is -0.156. The molecule has 116 valence electrons. The van der Waals surface area contributed by atoms with E-state index in [1.807, 2.05) is 19.1 Å². The van der Waals surface area contributed by atoms with Crippen molar-refractivity contribution in [2.45, 2.75) is 38.7 Å². The van der Waals surface area contributed by atoms with Crippen LogP contribution in [0, 0.1) is 5.92 Å². The van der Waals surface area contributed by atoms with Gasteiger partial charge in [-0.15, -0.1) is 17.0 Å². The molecule has 0 aromatic carbocycles. The van der Waals surface area contributed by atoms with E-state index in [4.69, 9.17) is 4.74 Å². The lowest BCUT2D eigenvalue weighted by Crippen LogP contribution is -2.39. The lowest BCUT2D eigenvalue weighted by Gasteiger charge is -2.21. The molecular weight excluding hydrogens is 336 g/mol. The average Bonchev–Trinajstić information content (AvgIpc) is 2.74. The molecule has 1 aromatic heterocycles. The molecule has 5 nitrogen and oxygen atoms in total. The van der Waals surface area contributed by atoms with Gasteiger partial charge in [-0.3, -0.25) is 9.59 Å². The Kier molecular flexibility index (Phi) is 6.33. The van der Waals surface area contributed by atoms with Crippen LogP contribution in [0.25, 0.3) is 0 Å². The van der Waals surface area contributed by atoms with Gasteiger partial charge in [0.1, 0.15) is 5.82 Å². The number of cyclic esters (lactones) is 1. The highest BCUT2D eigenvalue weighted by Crippen LogP contribution is 2.34. The summed E-state index contributed by atoms with van der Waals surface area (Å²) in [5.41, 5.74) is -1.00. The van der Waals surface area contributed by atoms with Crippen LogP contribution in [0.4, 0.5) is 5.82 Å². The van der Waals surface area contributed by atoms with E-state index < -0.39 is 5.60 Å². The number of anilines is 1. The fourth-order valence-corrected chi connectivity index (χ4v) is 2.46. The van der Waals surface area contributed by atoms with Crippen LogP contribution in [0.2, 0.25) is 0 Å². The third-order valence-corrected chi connectivity index (χ3v) is 3.62. The van der Waals surface area contributed by atoms with Crippen LogP contribution in [-0.4, -0.2) is 28.9 Å². The summed E-state index contributed by atoms with van der Waals surface area (Å²) >= 11 is 0. The van der Waals surface area contributed by atoms with Crippen LogP contribution in [0.1, 0.15) is 33.1 Å². The Labute approximate surface area is 135 Å². The number of rotatable bonds is 6. The van der Waals surface area contributed by atoms with Gasteiger partial charge in [0.25, 0.3) is 0 Å². The quantitative estimate of drug-likeness (QED) is 0.793. The molecule has 6 heteroatoms. The Hall–Kier alpha value is -1.43. The van der Waals surface area contributed by atoms with Crippen molar-refractivity contribution in [3.8, 4) is 0 Å². The van der Waals surface area contributed by atoms with Gasteiger partial charge in [0, 0.05) is 12.6 Å². The Morgan fingerprint density at radius 3 is 2.90 bits per heavy atom. The van der Waals surface area contributed by atoms with Crippen molar-refractivity contribution in [2.24, 2.45) is 5.92 Å². The first-order valence-electron chi connectivity index (χ1n) is 6.96. The second-order valence-electron chi connectivity index (χ2n) is 5.33. The van der Waals surface area contributed by atoms with Crippen LogP contribution in [0.15, 0.2) is 24.4 Å². The molecule has 0 bridgehead atoms. The third-order valence-electron chi connectivity index (χ3n) is 3.62. The summed E-state index contributed by atoms with van der Waals surface area (Å²) in [6.45, 7) is 3.83. The highest BCUT2D eigenvalue weighted by Gasteiger charge is 2.47. The number of hydrogen-bond acceptors (Lipinski definition) is 5. The standard InChI is InChI=1S/C15H20N2O3.BrH/c1-3-6-11-9-15(2,20-14(11)19)12(18)10-17-13-7-4-5-8-16-13;/h4-5,7-8,11H,3,6,9-10H2,1-2H3,(H,16,17);1H. The highest BCUT2D eigenvalue weighted by molar-refractivity contribution is 8.93. The van der Waals surface area contributed by atoms with Gasteiger partial charge in [-0.2, -0.15) is 0 Å². The number of ether oxygens (including phenoxy) is 1. The van der Waals surface area contributed by atoms with E-state index in [1.165, 1.54) is 0 Å². The van der Waals surface area contributed by atoms with Crippen molar-refractivity contribution in [1.82, 2.24) is 4.98 Å². The van der Waals surface area contributed by atoms with Crippen molar-refractivity contribution < 1.29 is 14.3 Å². The number of ketones is 1. The SMILES string of the molecule is Br.CCCC1CC(C)(C(=O)CNc2ccccn2)OC1=O. The zero-order chi connectivity index (χ0) is 14.6. The van der Waals surface area contributed by atoms with Crippen molar-refractivity contribution in [3.63, 3.8) is 0 Å². The van der Waals surface area contributed by atoms with Gasteiger partial charge in [-0.05, 0) is 25.5 Å². The van der Waals surface area contributed by atoms with E-state index in [0.29, 0.717) is 12.2 Å². The van der Waals surface area contributed by atoms with Crippen LogP contribution >= 0.6 is 17.0 Å². The molecule has 0 radical (unpaired) electrons. The van der Waals surface area contributed by atoms with Crippen LogP contribution < -0.4 is 5.32 Å². The molecule has 0 amide bonds. The van der Waals surface area contributed by atoms with Crippen LogP contribution in [0.3, 0.4) is 0 Å². The molecule has 0 spiro atoms. The van der Waals surface area contributed by atoms with Crippen molar-refractivity contribution in [2.75, 3.05) is 11.9 Å². The summed E-state index contributed by atoms with van der Waals surface area (Å²) in [6.07, 6.45) is 3.81. The van der Waals surface area contributed by atoms with Gasteiger partial charge in [-0.25, -0.2) is 4.98 Å². The number of carbonyl (C=O) groups is 2. The predicted octanol–water partition coefficient (Wildman–Crippen LogP) is 2.76. The van der Waals surface area contributed by atoms with Gasteiger partial charge in [0.15, 0.2) is 11.4 Å². The summed E-state index contributed by atoms with van der Waals surface area (Å²) in [5.74, 6) is 0.123. The molecule has 2 heterocycles. The van der Waals surface area contributed by atoms with Crippen LogP contribution in [0.5, 0.6) is 0 Å². The summed E-state index contributed by atoms with van der Waals surface area (Å²) in [5, 5.41) is 2.96. The summed E-state index contributed by atoms with van der Waals surface area (Å²) < 4.78 is 5.32. The van der Waals surface area contributed by atoms with Gasteiger partial charge >= 0.3 is 5.97 Å². The van der Waals surface area contributed by atoms with Gasteiger partial charge < -0.3 is 10.1 Å². The first-order valence-corrected chi connectivity index (χ1v) is 6.96. The Balaban J connectivity index is 0.00000220. The monoisotopic (exact) mass is 356 g/mol. The molecule has 1 aromatic rings. The van der Waals surface area contributed by atoms with Crippen molar-refractivity contribution in [1.29, 1.82) is 0 Å². The minimum atomic E-state index is -1.00. The predicted molar refractivity (Wildman–Crippen MR) is 85.6 cm³/mol. The molecule has 1 aliphatic heterocycles. The first-order chi connectivity index (χ1) is 9.55. The van der Waals surface area contributed by atoms with E-state index in [0.717, 1.165) is 12.8 Å². The van der Waals surface area contributed by atoms with Crippen molar-refractivity contribution >= 4 is 34.6 Å². The second-order valence-corrected chi connectivity index (χ2v) is 5.33. The maximum absolute atomic E-state index is 12.3. The molecule has 0 aliphatic carbocycles. The Bertz CT molecular complexity index is 495. The number of nitrogens with one attached hydrogen (secondary N) is 1. The zero-order valence-corrected chi connectivity index (χ0v) is 14.0. The Morgan fingerprint density at radius 2 is 2.29 bits per heavy atom. The number of nitrogens with zero attached hydrogens (tertiary/aromatic N) is 1. The molecule has 2 rings (SSSR count). The number of aromatic nitrogens is 1. The minimum absolute atomic E-state index is 0. The number of hydrogen-bond donors (Lipinski definition) is 1.